The first-order valence-corrected chi connectivity index (χ1v) is 14.4. The van der Waals surface area contributed by atoms with Crippen LogP contribution in [-0.2, 0) is 19.2 Å². The SMILES string of the molecule is C[C@H]1c2c(-c3ccccc3)cc(-c3ccccc3)c(O)c2C(=O)C2C(=O)[C@]3(O)C(=O)C(C(N)=O)C(=O)[C@@H](N(C)C)[C@@H]3[C@@H](O)[C@@H]21. The number of rotatable bonds is 4. The molecule has 226 valence electrons. The van der Waals surface area contributed by atoms with E-state index in [1.54, 1.807) is 43.3 Å². The van der Waals surface area contributed by atoms with Gasteiger partial charge in [-0.25, -0.2) is 0 Å². The van der Waals surface area contributed by atoms with E-state index in [-0.39, 0.29) is 11.3 Å². The molecule has 3 aliphatic carbocycles. The number of nitrogens with two attached hydrogens (primary N) is 1. The molecule has 0 saturated heterocycles. The number of benzene rings is 3. The number of hydrogen-bond donors (Lipinski definition) is 4. The van der Waals surface area contributed by atoms with Gasteiger partial charge in [0.15, 0.2) is 34.7 Å². The van der Waals surface area contributed by atoms with Crippen LogP contribution < -0.4 is 5.73 Å². The minimum atomic E-state index is -3.05. The molecule has 0 bridgehead atoms. The number of carbonyl (C=O) groups excluding carboxylic acids is 5. The average Bonchev–Trinajstić information content (AvgIpc) is 2.99. The minimum Gasteiger partial charge on any atom is -0.507 e. The average molecular weight is 597 g/mol. The number of fused-ring (bicyclic) bond motifs is 3. The summed E-state index contributed by atoms with van der Waals surface area (Å²) in [6.07, 6.45) is -1.71. The van der Waals surface area contributed by atoms with Crippen molar-refractivity contribution < 1.29 is 39.3 Å². The molecule has 6 rings (SSSR count). The van der Waals surface area contributed by atoms with Gasteiger partial charge in [0.25, 0.3) is 0 Å². The van der Waals surface area contributed by atoms with Crippen molar-refractivity contribution in [1.82, 2.24) is 4.90 Å². The van der Waals surface area contributed by atoms with Crippen molar-refractivity contribution in [3.8, 4) is 28.0 Å². The standard InChI is InChI=1S/C34H32N2O8/c1-15-20-18(16-10-6-4-7-11-16)14-19(17-12-8-5-9-13-17)27(37)22(20)28(38)23-21(15)29(39)25-26(36(2)3)30(40)24(33(35)43)32(42)34(25,44)31(23)41/h4-15,21,23-26,29,37,39,44H,1-3H3,(H2,35,43)/t15-,21+,23?,24?,25+,26-,29-,34-/m0/s1. The molecule has 10 heteroatoms. The maximum Gasteiger partial charge on any atom is 0.235 e. The third kappa shape index (κ3) is 3.88. The third-order valence-corrected chi connectivity index (χ3v) is 9.75. The van der Waals surface area contributed by atoms with E-state index >= 15 is 0 Å². The molecule has 1 amide bonds. The number of aliphatic hydroxyl groups excluding tert-OH is 1. The van der Waals surface area contributed by atoms with Gasteiger partial charge in [0.2, 0.25) is 5.91 Å². The van der Waals surface area contributed by atoms with Crippen LogP contribution in [0.4, 0.5) is 0 Å². The Hall–Kier alpha value is -4.51. The number of primary amides is 1. The first kappa shape index (κ1) is 29.6. The molecule has 3 aromatic rings. The molecular formula is C34H32N2O8. The van der Waals surface area contributed by atoms with Gasteiger partial charge in [-0.3, -0.25) is 28.9 Å². The molecule has 10 nitrogen and oxygen atoms in total. The summed E-state index contributed by atoms with van der Waals surface area (Å²) in [5.74, 6) is -13.7. The first-order chi connectivity index (χ1) is 20.8. The molecule has 8 atom stereocenters. The highest BCUT2D eigenvalue weighted by Gasteiger charge is 2.73. The highest BCUT2D eigenvalue weighted by atomic mass is 16.3. The molecule has 44 heavy (non-hydrogen) atoms. The van der Waals surface area contributed by atoms with Crippen molar-refractivity contribution in [3.63, 3.8) is 0 Å². The van der Waals surface area contributed by atoms with Crippen LogP contribution in [0.25, 0.3) is 22.3 Å². The van der Waals surface area contributed by atoms with E-state index in [0.29, 0.717) is 22.3 Å². The third-order valence-electron chi connectivity index (χ3n) is 9.75. The second-order valence-electron chi connectivity index (χ2n) is 12.2. The fraction of sp³-hybridized carbons (Fsp3) is 0.324. The lowest BCUT2D eigenvalue weighted by molar-refractivity contribution is -0.196. The Morgan fingerprint density at radius 2 is 1.43 bits per heavy atom. The van der Waals surface area contributed by atoms with Crippen molar-refractivity contribution >= 4 is 29.0 Å². The Kier molecular flexibility index (Phi) is 6.92. The van der Waals surface area contributed by atoms with Gasteiger partial charge in [0.1, 0.15) is 5.75 Å². The number of Topliss-reactive ketones (excluding diaryl/α,β-unsaturated/α-hetero) is 4. The van der Waals surface area contributed by atoms with Crippen LogP contribution in [0.5, 0.6) is 5.75 Å². The predicted octanol–water partition coefficient (Wildman–Crippen LogP) is 1.73. The maximum atomic E-state index is 14.5. The fourth-order valence-electron chi connectivity index (χ4n) is 7.83. The normalized spacial score (nSPS) is 31.4. The topological polar surface area (TPSA) is 175 Å². The molecule has 0 aliphatic heterocycles. The number of phenolic OH excluding ortho intramolecular Hbond substituents is 1. The largest absolute Gasteiger partial charge is 0.507 e. The maximum absolute atomic E-state index is 14.5. The van der Waals surface area contributed by atoms with Gasteiger partial charge in [-0.2, -0.15) is 0 Å². The number of phenols is 1. The van der Waals surface area contributed by atoms with Gasteiger partial charge in [-0.1, -0.05) is 67.6 Å². The van der Waals surface area contributed by atoms with Gasteiger partial charge in [0, 0.05) is 11.5 Å². The zero-order chi connectivity index (χ0) is 31.8. The van der Waals surface area contributed by atoms with Crippen molar-refractivity contribution in [2.24, 2.45) is 29.4 Å². The van der Waals surface area contributed by atoms with Crippen LogP contribution in [0.3, 0.4) is 0 Å². The fourth-order valence-corrected chi connectivity index (χ4v) is 7.83. The quantitative estimate of drug-likeness (QED) is 0.327. The molecule has 3 aliphatic rings. The molecule has 2 saturated carbocycles. The van der Waals surface area contributed by atoms with Crippen molar-refractivity contribution in [3.05, 3.63) is 77.9 Å². The molecule has 0 spiro atoms. The molecule has 0 aromatic heterocycles. The Morgan fingerprint density at radius 1 is 0.886 bits per heavy atom. The van der Waals surface area contributed by atoms with E-state index in [1.165, 1.54) is 19.0 Å². The van der Waals surface area contributed by atoms with E-state index in [2.05, 4.69) is 0 Å². The lowest BCUT2D eigenvalue weighted by atomic mass is 9.49. The molecule has 5 N–H and O–H groups in total. The smallest absolute Gasteiger partial charge is 0.235 e. The zero-order valence-corrected chi connectivity index (χ0v) is 24.3. The zero-order valence-electron chi connectivity index (χ0n) is 24.3. The van der Waals surface area contributed by atoms with Crippen LogP contribution in [0.2, 0.25) is 0 Å². The number of ketones is 4. The van der Waals surface area contributed by atoms with Gasteiger partial charge in [-0.15, -0.1) is 0 Å². The Balaban J connectivity index is 1.62. The number of nitrogens with zero attached hydrogens (tertiary/aromatic N) is 1. The number of aliphatic hydroxyl groups is 2. The summed E-state index contributed by atoms with van der Waals surface area (Å²) in [5.41, 5.74) is 4.88. The van der Waals surface area contributed by atoms with Gasteiger partial charge < -0.3 is 21.1 Å². The van der Waals surface area contributed by atoms with Gasteiger partial charge in [-0.05, 0) is 48.3 Å². The second kappa shape index (κ2) is 10.3. The van der Waals surface area contributed by atoms with E-state index < -0.39 is 76.4 Å². The van der Waals surface area contributed by atoms with Gasteiger partial charge in [0.05, 0.1) is 29.5 Å². The second-order valence-corrected chi connectivity index (χ2v) is 12.2. The molecule has 3 aromatic carbocycles. The lowest BCUT2D eigenvalue weighted by Crippen LogP contribution is -2.77. The monoisotopic (exact) mass is 596 g/mol. The number of amides is 1. The van der Waals surface area contributed by atoms with Crippen LogP contribution in [-0.4, -0.2) is 81.1 Å². The number of hydrogen-bond acceptors (Lipinski definition) is 9. The van der Waals surface area contributed by atoms with Crippen molar-refractivity contribution in [2.75, 3.05) is 14.1 Å². The number of likely N-dealkylation sites (N-methyl/N-ethyl adjacent to an activating group) is 1. The first-order valence-electron chi connectivity index (χ1n) is 14.4. The van der Waals surface area contributed by atoms with E-state index in [4.69, 9.17) is 5.73 Å². The van der Waals surface area contributed by atoms with Crippen molar-refractivity contribution in [2.45, 2.75) is 30.6 Å². The Labute approximate surface area is 253 Å². The van der Waals surface area contributed by atoms with E-state index in [1.807, 2.05) is 30.3 Å². The minimum absolute atomic E-state index is 0.142. The Morgan fingerprint density at radius 3 is 1.95 bits per heavy atom. The lowest BCUT2D eigenvalue weighted by Gasteiger charge is -2.56. The summed E-state index contributed by atoms with van der Waals surface area (Å²) in [6.45, 7) is 1.71. The predicted molar refractivity (Wildman–Crippen MR) is 158 cm³/mol. The van der Waals surface area contributed by atoms with E-state index in [0.717, 1.165) is 5.56 Å². The van der Waals surface area contributed by atoms with Crippen molar-refractivity contribution in [1.29, 1.82) is 0 Å². The summed E-state index contributed by atoms with van der Waals surface area (Å²) in [5, 5.41) is 35.6. The summed E-state index contributed by atoms with van der Waals surface area (Å²) in [4.78, 5) is 69.5. The molecule has 2 unspecified atom stereocenters. The summed E-state index contributed by atoms with van der Waals surface area (Å²) in [7, 11) is 2.92. The van der Waals surface area contributed by atoms with Crippen LogP contribution in [0.1, 0.15) is 28.8 Å². The molecular weight excluding hydrogens is 564 g/mol. The molecule has 0 heterocycles. The summed E-state index contributed by atoms with van der Waals surface area (Å²) in [6, 6.07) is 18.4. The number of aromatic hydroxyl groups is 1. The highest BCUT2D eigenvalue weighted by Crippen LogP contribution is 2.57. The highest BCUT2D eigenvalue weighted by molar-refractivity contribution is 6.32. The summed E-state index contributed by atoms with van der Waals surface area (Å²) >= 11 is 0. The Bertz CT molecular complexity index is 1740. The van der Waals surface area contributed by atoms with Crippen LogP contribution in [0, 0.1) is 23.7 Å². The van der Waals surface area contributed by atoms with Crippen LogP contribution in [0.15, 0.2) is 66.7 Å². The van der Waals surface area contributed by atoms with Gasteiger partial charge >= 0.3 is 0 Å². The summed E-state index contributed by atoms with van der Waals surface area (Å²) < 4.78 is 0. The van der Waals surface area contributed by atoms with E-state index in [9.17, 15) is 39.3 Å². The van der Waals surface area contributed by atoms with Crippen LogP contribution >= 0.6 is 0 Å². The number of carbonyl (C=O) groups is 5. The molecule has 2 fully saturated rings. The molecule has 0 radical (unpaired) electrons.